The van der Waals surface area contributed by atoms with E-state index in [1.807, 2.05) is 0 Å². The zero-order valence-corrected chi connectivity index (χ0v) is 14.0. The summed E-state index contributed by atoms with van der Waals surface area (Å²) in [6, 6.07) is -0.299. The number of carbonyl (C=O) groups excluding carboxylic acids is 3. The summed E-state index contributed by atoms with van der Waals surface area (Å²) in [5.74, 6) is -0.596. The van der Waals surface area contributed by atoms with Crippen LogP contribution in [0.15, 0.2) is 24.3 Å². The normalized spacial score (nSPS) is 9.65. The molecule has 23 heavy (non-hydrogen) atoms. The second kappa shape index (κ2) is 12.3. The highest BCUT2D eigenvalue weighted by atomic mass is 16.5. The van der Waals surface area contributed by atoms with Crippen LogP contribution in [-0.2, 0) is 14.3 Å². The predicted molar refractivity (Wildman–Crippen MR) is 88.8 cm³/mol. The van der Waals surface area contributed by atoms with Crippen molar-refractivity contribution in [3.8, 4) is 0 Å². The number of amides is 3. The highest BCUT2D eigenvalue weighted by Gasteiger charge is 2.03. The Morgan fingerprint density at radius 2 is 1.39 bits per heavy atom. The van der Waals surface area contributed by atoms with E-state index in [1.165, 1.54) is 0 Å². The molecule has 0 aromatic carbocycles. The van der Waals surface area contributed by atoms with Crippen molar-refractivity contribution in [2.45, 2.75) is 33.1 Å². The van der Waals surface area contributed by atoms with Crippen LogP contribution < -0.4 is 16.0 Å². The zero-order valence-electron chi connectivity index (χ0n) is 14.0. The molecule has 0 atom stereocenters. The van der Waals surface area contributed by atoms with Crippen LogP contribution >= 0.6 is 0 Å². The molecule has 7 heteroatoms. The van der Waals surface area contributed by atoms with Gasteiger partial charge in [-0.25, -0.2) is 9.59 Å². The van der Waals surface area contributed by atoms with Crippen molar-refractivity contribution in [2.24, 2.45) is 0 Å². The molecule has 0 bridgehead atoms. The van der Waals surface area contributed by atoms with Crippen molar-refractivity contribution in [2.75, 3.05) is 26.2 Å². The molecule has 0 saturated heterocycles. The third-order valence-electron chi connectivity index (χ3n) is 2.78. The maximum atomic E-state index is 11.4. The van der Waals surface area contributed by atoms with Crippen LogP contribution in [0.2, 0.25) is 0 Å². The Balaban J connectivity index is 3.43. The van der Waals surface area contributed by atoms with Crippen LogP contribution in [0.1, 0.15) is 33.1 Å². The van der Waals surface area contributed by atoms with Gasteiger partial charge in [0.25, 0.3) is 0 Å². The van der Waals surface area contributed by atoms with Crippen molar-refractivity contribution in [3.05, 3.63) is 24.3 Å². The molecular formula is C16H27N3O4. The Morgan fingerprint density at radius 1 is 0.826 bits per heavy atom. The molecule has 0 aromatic rings. The summed E-state index contributed by atoms with van der Waals surface area (Å²) in [4.78, 5) is 33.7. The highest BCUT2D eigenvalue weighted by molar-refractivity contribution is 5.92. The molecule has 3 amide bonds. The van der Waals surface area contributed by atoms with E-state index < -0.39 is 5.97 Å². The van der Waals surface area contributed by atoms with E-state index in [9.17, 15) is 14.4 Å². The van der Waals surface area contributed by atoms with Gasteiger partial charge in [0.15, 0.2) is 0 Å². The number of unbranched alkanes of at least 4 members (excludes halogenated alkanes) is 2. The van der Waals surface area contributed by atoms with Gasteiger partial charge in [0.2, 0.25) is 5.91 Å². The van der Waals surface area contributed by atoms with Crippen molar-refractivity contribution in [1.82, 2.24) is 16.0 Å². The van der Waals surface area contributed by atoms with Gasteiger partial charge in [-0.15, -0.1) is 0 Å². The van der Waals surface area contributed by atoms with Crippen molar-refractivity contribution >= 4 is 17.9 Å². The van der Waals surface area contributed by atoms with E-state index in [4.69, 9.17) is 4.74 Å². The SMILES string of the molecule is C=C(C)C(=O)NCCCCCNC(=O)NCCOC(=O)C(=C)C. The van der Waals surface area contributed by atoms with E-state index in [0.717, 1.165) is 19.3 Å². The summed E-state index contributed by atoms with van der Waals surface area (Å²) in [6.07, 6.45) is 2.56. The molecule has 0 unspecified atom stereocenters. The van der Waals surface area contributed by atoms with E-state index in [0.29, 0.717) is 24.2 Å². The van der Waals surface area contributed by atoms with Gasteiger partial charge in [0.05, 0.1) is 6.54 Å². The molecule has 0 radical (unpaired) electrons. The number of hydrogen-bond donors (Lipinski definition) is 3. The van der Waals surface area contributed by atoms with Gasteiger partial charge >= 0.3 is 12.0 Å². The van der Waals surface area contributed by atoms with Crippen LogP contribution in [0.4, 0.5) is 4.79 Å². The van der Waals surface area contributed by atoms with E-state index in [2.05, 4.69) is 29.1 Å². The smallest absolute Gasteiger partial charge is 0.333 e. The zero-order chi connectivity index (χ0) is 17.7. The van der Waals surface area contributed by atoms with E-state index in [-0.39, 0.29) is 25.1 Å². The molecule has 0 aliphatic rings. The minimum absolute atomic E-state index is 0.113. The molecule has 0 spiro atoms. The maximum absolute atomic E-state index is 11.4. The average molecular weight is 325 g/mol. The fraction of sp³-hybridized carbons (Fsp3) is 0.562. The molecule has 0 aliphatic heterocycles. The monoisotopic (exact) mass is 325 g/mol. The van der Waals surface area contributed by atoms with Crippen LogP contribution in [0.5, 0.6) is 0 Å². The lowest BCUT2D eigenvalue weighted by molar-refractivity contribution is -0.138. The first-order valence-corrected chi connectivity index (χ1v) is 7.62. The Morgan fingerprint density at radius 3 is 1.96 bits per heavy atom. The van der Waals surface area contributed by atoms with Gasteiger partial charge in [-0.2, -0.15) is 0 Å². The van der Waals surface area contributed by atoms with Crippen molar-refractivity contribution < 1.29 is 19.1 Å². The number of ether oxygens (including phenoxy) is 1. The molecule has 0 aliphatic carbocycles. The standard InChI is InChI=1S/C16H27N3O4/c1-12(2)14(20)17-8-6-5-7-9-18-16(22)19-10-11-23-15(21)13(3)4/h1,3,5-11H2,2,4H3,(H,17,20)(H2,18,19,22). The average Bonchev–Trinajstić information content (AvgIpc) is 2.49. The fourth-order valence-electron chi connectivity index (χ4n) is 1.48. The molecule has 0 aromatic heterocycles. The van der Waals surface area contributed by atoms with E-state index >= 15 is 0 Å². The van der Waals surface area contributed by atoms with E-state index in [1.54, 1.807) is 13.8 Å². The maximum Gasteiger partial charge on any atom is 0.333 e. The van der Waals surface area contributed by atoms with Crippen LogP contribution in [0, 0.1) is 0 Å². The van der Waals surface area contributed by atoms with Crippen LogP contribution in [0.25, 0.3) is 0 Å². The molecule has 3 N–H and O–H groups in total. The molecule has 0 saturated carbocycles. The summed E-state index contributed by atoms with van der Waals surface area (Å²) in [7, 11) is 0. The second-order valence-corrected chi connectivity index (χ2v) is 5.20. The minimum Gasteiger partial charge on any atom is -0.460 e. The number of rotatable bonds is 11. The van der Waals surface area contributed by atoms with Crippen molar-refractivity contribution in [3.63, 3.8) is 0 Å². The lowest BCUT2D eigenvalue weighted by Gasteiger charge is -2.08. The number of urea groups is 1. The molecule has 7 nitrogen and oxygen atoms in total. The second-order valence-electron chi connectivity index (χ2n) is 5.20. The Labute approximate surface area is 137 Å². The predicted octanol–water partition coefficient (Wildman–Crippen LogP) is 1.27. The van der Waals surface area contributed by atoms with Crippen LogP contribution in [-0.4, -0.2) is 44.1 Å². The quantitative estimate of drug-likeness (QED) is 0.303. The first-order valence-electron chi connectivity index (χ1n) is 7.62. The van der Waals surface area contributed by atoms with Crippen molar-refractivity contribution in [1.29, 1.82) is 0 Å². The van der Waals surface area contributed by atoms with Gasteiger partial charge in [0, 0.05) is 24.2 Å². The highest BCUT2D eigenvalue weighted by Crippen LogP contribution is 1.94. The third kappa shape index (κ3) is 12.0. The van der Waals surface area contributed by atoms with Crippen LogP contribution in [0.3, 0.4) is 0 Å². The summed E-state index contributed by atoms with van der Waals surface area (Å²) in [6.45, 7) is 11.7. The summed E-state index contributed by atoms with van der Waals surface area (Å²) >= 11 is 0. The Hall–Kier alpha value is -2.31. The summed E-state index contributed by atoms with van der Waals surface area (Å²) in [5.41, 5.74) is 0.825. The first kappa shape index (κ1) is 20.7. The van der Waals surface area contributed by atoms with Gasteiger partial charge in [-0.3, -0.25) is 4.79 Å². The minimum atomic E-state index is -0.467. The molecule has 130 valence electrons. The molecule has 0 rings (SSSR count). The Kier molecular flexibility index (Phi) is 11.0. The summed E-state index contributed by atoms with van der Waals surface area (Å²) < 4.78 is 4.84. The number of hydrogen-bond acceptors (Lipinski definition) is 4. The largest absolute Gasteiger partial charge is 0.460 e. The molecule has 0 heterocycles. The number of esters is 1. The Bertz CT molecular complexity index is 447. The fourth-order valence-corrected chi connectivity index (χ4v) is 1.48. The molecule has 0 fully saturated rings. The first-order chi connectivity index (χ1) is 10.8. The van der Waals surface area contributed by atoms with Gasteiger partial charge < -0.3 is 20.7 Å². The van der Waals surface area contributed by atoms with Gasteiger partial charge in [-0.05, 0) is 33.1 Å². The van der Waals surface area contributed by atoms with Gasteiger partial charge in [-0.1, -0.05) is 13.2 Å². The summed E-state index contributed by atoms with van der Waals surface area (Å²) in [5, 5.41) is 8.03. The third-order valence-corrected chi connectivity index (χ3v) is 2.78. The lowest BCUT2D eigenvalue weighted by atomic mass is 10.2. The van der Waals surface area contributed by atoms with Gasteiger partial charge in [0.1, 0.15) is 6.61 Å². The lowest BCUT2D eigenvalue weighted by Crippen LogP contribution is -2.38. The number of nitrogens with one attached hydrogen (secondary N) is 3. The molecular weight excluding hydrogens is 298 g/mol. The topological polar surface area (TPSA) is 96.5 Å². The number of carbonyl (C=O) groups is 3.